The minimum Gasteiger partial charge on any atom is -0.319 e. The number of hydrogen-bond donors (Lipinski definition) is 1. The lowest BCUT2D eigenvalue weighted by atomic mass is 9.77. The van der Waals surface area contributed by atoms with E-state index in [0.717, 1.165) is 17.4 Å². The van der Waals surface area contributed by atoms with Gasteiger partial charge >= 0.3 is 0 Å². The largest absolute Gasteiger partial charge is 0.319 e. The monoisotopic (exact) mass is 283 g/mol. The molecule has 1 N–H and O–H groups in total. The lowest BCUT2D eigenvalue weighted by Crippen LogP contribution is -2.33. The first-order valence-electron chi connectivity index (χ1n) is 6.05. The van der Waals surface area contributed by atoms with Crippen LogP contribution in [0.1, 0.15) is 32.3 Å². The normalized spacial score (nSPS) is 11.8. The zero-order valence-corrected chi connectivity index (χ0v) is 12.1. The molecule has 16 heavy (non-hydrogen) atoms. The summed E-state index contributed by atoms with van der Waals surface area (Å²) in [5, 5.41) is 3.33. The molecular formula is C14H22BrN. The number of hydrogen-bond acceptors (Lipinski definition) is 1. The Morgan fingerprint density at radius 2 is 1.69 bits per heavy atom. The standard InChI is InChI=1S/C14H22BrN/c1-4-14(5-2,11-16-3)10-12-6-8-13(15)9-7-12/h6-9,16H,4-5,10-11H2,1-3H3. The van der Waals surface area contributed by atoms with Gasteiger partial charge in [0, 0.05) is 11.0 Å². The van der Waals surface area contributed by atoms with Gasteiger partial charge in [0.1, 0.15) is 0 Å². The first-order valence-corrected chi connectivity index (χ1v) is 6.84. The molecule has 0 aliphatic heterocycles. The summed E-state index contributed by atoms with van der Waals surface area (Å²) < 4.78 is 1.16. The molecule has 0 saturated heterocycles. The minimum atomic E-state index is 0.405. The second-order valence-corrected chi connectivity index (χ2v) is 5.46. The predicted octanol–water partition coefficient (Wildman–Crippen LogP) is 4.02. The van der Waals surface area contributed by atoms with Crippen LogP contribution in [0.15, 0.2) is 28.7 Å². The van der Waals surface area contributed by atoms with E-state index in [2.05, 4.69) is 59.4 Å². The topological polar surface area (TPSA) is 12.0 Å². The maximum atomic E-state index is 3.48. The molecule has 0 atom stereocenters. The van der Waals surface area contributed by atoms with Crippen molar-refractivity contribution < 1.29 is 0 Å². The Kier molecular flexibility index (Phi) is 5.50. The van der Waals surface area contributed by atoms with E-state index >= 15 is 0 Å². The van der Waals surface area contributed by atoms with Crippen LogP contribution >= 0.6 is 15.9 Å². The fraction of sp³-hybridized carbons (Fsp3) is 0.571. The predicted molar refractivity (Wildman–Crippen MR) is 74.8 cm³/mol. The van der Waals surface area contributed by atoms with Gasteiger partial charge in [-0.3, -0.25) is 0 Å². The molecule has 2 heteroatoms. The fourth-order valence-corrected chi connectivity index (χ4v) is 2.49. The molecule has 0 spiro atoms. The molecule has 1 aromatic carbocycles. The third kappa shape index (κ3) is 3.60. The molecular weight excluding hydrogens is 262 g/mol. The third-order valence-electron chi connectivity index (χ3n) is 3.54. The molecule has 1 rings (SSSR count). The van der Waals surface area contributed by atoms with Gasteiger partial charge in [-0.05, 0) is 49.4 Å². The highest BCUT2D eigenvalue weighted by Crippen LogP contribution is 2.30. The van der Waals surface area contributed by atoms with Gasteiger partial charge in [-0.15, -0.1) is 0 Å². The van der Waals surface area contributed by atoms with Crippen molar-refractivity contribution in [2.24, 2.45) is 5.41 Å². The van der Waals surface area contributed by atoms with Crippen LogP contribution in [0.25, 0.3) is 0 Å². The second-order valence-electron chi connectivity index (χ2n) is 4.54. The van der Waals surface area contributed by atoms with Crippen molar-refractivity contribution in [2.45, 2.75) is 33.1 Å². The maximum absolute atomic E-state index is 3.48. The highest BCUT2D eigenvalue weighted by molar-refractivity contribution is 9.10. The summed E-state index contributed by atoms with van der Waals surface area (Å²) in [7, 11) is 2.04. The van der Waals surface area contributed by atoms with Gasteiger partial charge in [0.05, 0.1) is 0 Å². The van der Waals surface area contributed by atoms with Crippen LogP contribution in [0.3, 0.4) is 0 Å². The summed E-state index contributed by atoms with van der Waals surface area (Å²) in [6.45, 7) is 5.68. The Morgan fingerprint density at radius 1 is 1.12 bits per heavy atom. The Hall–Kier alpha value is -0.340. The second kappa shape index (κ2) is 6.41. The zero-order valence-electron chi connectivity index (χ0n) is 10.5. The van der Waals surface area contributed by atoms with E-state index in [1.54, 1.807) is 0 Å². The molecule has 0 aromatic heterocycles. The number of rotatable bonds is 6. The van der Waals surface area contributed by atoms with Crippen molar-refractivity contribution in [1.82, 2.24) is 5.32 Å². The molecule has 0 radical (unpaired) electrons. The van der Waals surface area contributed by atoms with E-state index in [4.69, 9.17) is 0 Å². The van der Waals surface area contributed by atoms with Crippen molar-refractivity contribution in [1.29, 1.82) is 0 Å². The molecule has 0 aliphatic rings. The Labute approximate surface area is 108 Å². The minimum absolute atomic E-state index is 0.405. The highest BCUT2D eigenvalue weighted by Gasteiger charge is 2.25. The fourth-order valence-electron chi connectivity index (χ4n) is 2.22. The summed E-state index contributed by atoms with van der Waals surface area (Å²) >= 11 is 3.48. The van der Waals surface area contributed by atoms with Gasteiger partial charge in [-0.2, -0.15) is 0 Å². The average Bonchev–Trinajstić information content (AvgIpc) is 2.31. The first-order chi connectivity index (χ1) is 7.65. The zero-order chi connectivity index (χ0) is 12.0. The van der Waals surface area contributed by atoms with Gasteiger partial charge in [-0.25, -0.2) is 0 Å². The summed E-state index contributed by atoms with van der Waals surface area (Å²) in [6.07, 6.45) is 3.61. The molecule has 1 aromatic rings. The van der Waals surface area contributed by atoms with Crippen molar-refractivity contribution >= 4 is 15.9 Å². The summed E-state index contributed by atoms with van der Waals surface area (Å²) in [4.78, 5) is 0. The van der Waals surface area contributed by atoms with E-state index < -0.39 is 0 Å². The van der Waals surface area contributed by atoms with Crippen LogP contribution in [-0.4, -0.2) is 13.6 Å². The first kappa shape index (κ1) is 13.7. The molecule has 0 amide bonds. The van der Waals surface area contributed by atoms with Crippen molar-refractivity contribution in [3.05, 3.63) is 34.3 Å². The summed E-state index contributed by atoms with van der Waals surface area (Å²) in [5.74, 6) is 0. The Bertz CT molecular complexity index is 301. The highest BCUT2D eigenvalue weighted by atomic mass is 79.9. The smallest absolute Gasteiger partial charge is 0.0175 e. The number of benzene rings is 1. The SMILES string of the molecule is CCC(CC)(CNC)Cc1ccc(Br)cc1. The summed E-state index contributed by atoms with van der Waals surface area (Å²) in [5.41, 5.74) is 1.84. The Morgan fingerprint density at radius 3 is 2.12 bits per heavy atom. The lowest BCUT2D eigenvalue weighted by Gasteiger charge is -2.31. The lowest BCUT2D eigenvalue weighted by molar-refractivity contribution is 0.253. The third-order valence-corrected chi connectivity index (χ3v) is 4.07. The molecule has 0 heterocycles. The molecule has 0 fully saturated rings. The molecule has 0 unspecified atom stereocenters. The van der Waals surface area contributed by atoms with Gasteiger partial charge in [0.2, 0.25) is 0 Å². The quantitative estimate of drug-likeness (QED) is 0.832. The van der Waals surface area contributed by atoms with Crippen LogP contribution in [0.5, 0.6) is 0 Å². The molecule has 1 nitrogen and oxygen atoms in total. The van der Waals surface area contributed by atoms with E-state index in [1.807, 2.05) is 7.05 Å². The van der Waals surface area contributed by atoms with Crippen LogP contribution in [-0.2, 0) is 6.42 Å². The van der Waals surface area contributed by atoms with Crippen molar-refractivity contribution in [3.63, 3.8) is 0 Å². The van der Waals surface area contributed by atoms with E-state index in [-0.39, 0.29) is 0 Å². The molecule has 0 aliphatic carbocycles. The van der Waals surface area contributed by atoms with Crippen LogP contribution < -0.4 is 5.32 Å². The van der Waals surface area contributed by atoms with E-state index in [0.29, 0.717) is 5.41 Å². The number of halogens is 1. The van der Waals surface area contributed by atoms with Gasteiger partial charge in [0.25, 0.3) is 0 Å². The van der Waals surface area contributed by atoms with Crippen LogP contribution in [0.2, 0.25) is 0 Å². The van der Waals surface area contributed by atoms with Crippen LogP contribution in [0, 0.1) is 5.41 Å². The van der Waals surface area contributed by atoms with Gasteiger partial charge in [-0.1, -0.05) is 41.9 Å². The number of nitrogens with one attached hydrogen (secondary N) is 1. The molecule has 0 bridgehead atoms. The van der Waals surface area contributed by atoms with Gasteiger partial charge < -0.3 is 5.32 Å². The molecule has 0 saturated carbocycles. The Balaban J connectivity index is 2.78. The van der Waals surface area contributed by atoms with Gasteiger partial charge in [0.15, 0.2) is 0 Å². The molecule has 90 valence electrons. The average molecular weight is 284 g/mol. The van der Waals surface area contributed by atoms with Crippen LogP contribution in [0.4, 0.5) is 0 Å². The summed E-state index contributed by atoms with van der Waals surface area (Å²) in [6, 6.07) is 8.70. The van der Waals surface area contributed by atoms with E-state index in [9.17, 15) is 0 Å². The van der Waals surface area contributed by atoms with Crippen molar-refractivity contribution in [3.8, 4) is 0 Å². The maximum Gasteiger partial charge on any atom is 0.0175 e. The van der Waals surface area contributed by atoms with E-state index in [1.165, 1.54) is 18.4 Å². The van der Waals surface area contributed by atoms with Crippen molar-refractivity contribution in [2.75, 3.05) is 13.6 Å².